The summed E-state index contributed by atoms with van der Waals surface area (Å²) in [6.07, 6.45) is 8.46. The minimum Gasteiger partial charge on any atom is -0.389 e. The highest BCUT2D eigenvalue weighted by Crippen LogP contribution is 2.29. The molecule has 180 valence electrons. The number of hydrogen-bond acceptors (Lipinski definition) is 8. The van der Waals surface area contributed by atoms with Gasteiger partial charge >= 0.3 is 0 Å². The van der Waals surface area contributed by atoms with E-state index in [0.29, 0.717) is 12.8 Å². The molecule has 0 amide bonds. The van der Waals surface area contributed by atoms with E-state index in [2.05, 4.69) is 26.9 Å². The monoisotopic (exact) mass is 466 g/mol. The number of anilines is 2. The van der Waals surface area contributed by atoms with Crippen LogP contribution in [0.2, 0.25) is 0 Å². The normalized spacial score (nSPS) is 21.9. The lowest BCUT2D eigenvalue weighted by Gasteiger charge is -2.33. The molecule has 32 heavy (non-hydrogen) atoms. The van der Waals surface area contributed by atoms with Crippen molar-refractivity contribution in [3.63, 3.8) is 0 Å². The highest BCUT2D eigenvalue weighted by Gasteiger charge is 2.30. The molecule has 2 aliphatic carbocycles. The number of nitrogens with zero attached hydrogens (tertiary/aromatic N) is 4. The molecule has 0 spiro atoms. The number of aryl methyl sites for hydroxylation is 1. The minimum absolute atomic E-state index is 0.0499. The van der Waals surface area contributed by atoms with Crippen molar-refractivity contribution in [2.24, 2.45) is 0 Å². The lowest BCUT2D eigenvalue weighted by molar-refractivity contribution is 0.00946. The lowest BCUT2D eigenvalue weighted by atomic mass is 9.85. The van der Waals surface area contributed by atoms with E-state index < -0.39 is 15.6 Å². The van der Waals surface area contributed by atoms with Crippen molar-refractivity contribution in [1.29, 1.82) is 0 Å². The molecular formula is C22H38N6O3S. The van der Waals surface area contributed by atoms with Crippen LogP contribution in [0.4, 0.5) is 11.8 Å². The van der Waals surface area contributed by atoms with Gasteiger partial charge in [0.25, 0.3) is 0 Å². The molecule has 1 aliphatic heterocycles. The van der Waals surface area contributed by atoms with E-state index in [1.54, 1.807) is 0 Å². The molecule has 0 radical (unpaired) electrons. The van der Waals surface area contributed by atoms with Gasteiger partial charge in [0.2, 0.25) is 16.0 Å². The molecule has 3 N–H and O–H groups in total. The van der Waals surface area contributed by atoms with Gasteiger partial charge in [-0.2, -0.15) is 4.98 Å². The van der Waals surface area contributed by atoms with Gasteiger partial charge in [0.1, 0.15) is 5.82 Å². The Labute approximate surface area is 192 Å². The van der Waals surface area contributed by atoms with E-state index in [4.69, 9.17) is 9.97 Å². The van der Waals surface area contributed by atoms with Crippen LogP contribution in [0.15, 0.2) is 0 Å². The molecule has 3 aliphatic rings. The second-order valence-electron chi connectivity index (χ2n) is 9.65. The highest BCUT2D eigenvalue weighted by atomic mass is 32.2. The number of fused-ring (bicyclic) bond motifs is 1. The van der Waals surface area contributed by atoms with Crippen molar-refractivity contribution in [2.75, 3.05) is 62.3 Å². The van der Waals surface area contributed by atoms with Crippen LogP contribution in [0.25, 0.3) is 0 Å². The largest absolute Gasteiger partial charge is 0.389 e. The Bertz CT molecular complexity index is 880. The first kappa shape index (κ1) is 23.7. The van der Waals surface area contributed by atoms with Gasteiger partial charge < -0.3 is 20.2 Å². The summed E-state index contributed by atoms with van der Waals surface area (Å²) in [4.78, 5) is 14.2. The molecule has 1 aromatic heterocycles. The molecule has 0 bridgehead atoms. The molecule has 1 saturated heterocycles. The Morgan fingerprint density at radius 1 is 1.00 bits per heavy atom. The number of piperazine rings is 1. The van der Waals surface area contributed by atoms with Gasteiger partial charge in [-0.05, 0) is 45.6 Å². The Kier molecular flexibility index (Phi) is 7.54. The van der Waals surface area contributed by atoms with E-state index in [0.717, 1.165) is 94.1 Å². The number of likely N-dealkylation sites (N-methyl/N-ethyl adjacent to an activating group) is 1. The molecule has 4 rings (SSSR count). The van der Waals surface area contributed by atoms with Gasteiger partial charge in [0.15, 0.2) is 0 Å². The first-order valence-corrected chi connectivity index (χ1v) is 13.8. The summed E-state index contributed by atoms with van der Waals surface area (Å²) in [7, 11) is -1.35. The molecule has 1 saturated carbocycles. The number of nitrogens with one attached hydrogen (secondary N) is 2. The Balaban J connectivity index is 1.38. The first-order chi connectivity index (χ1) is 15.3. The predicted octanol–water partition coefficient (Wildman–Crippen LogP) is 1.13. The summed E-state index contributed by atoms with van der Waals surface area (Å²) >= 11 is 0. The van der Waals surface area contributed by atoms with Crippen molar-refractivity contribution in [2.45, 2.75) is 63.4 Å². The summed E-state index contributed by atoms with van der Waals surface area (Å²) in [6, 6.07) is 0. The Hall–Kier alpha value is -1.49. The van der Waals surface area contributed by atoms with Crippen LogP contribution in [0, 0.1) is 0 Å². The number of rotatable bonds is 8. The zero-order valence-corrected chi connectivity index (χ0v) is 20.1. The number of aromatic nitrogens is 2. The van der Waals surface area contributed by atoms with Gasteiger partial charge in [-0.15, -0.1) is 0 Å². The van der Waals surface area contributed by atoms with Crippen LogP contribution >= 0.6 is 0 Å². The van der Waals surface area contributed by atoms with E-state index in [9.17, 15) is 13.5 Å². The molecular weight excluding hydrogens is 428 g/mol. The zero-order valence-electron chi connectivity index (χ0n) is 19.3. The van der Waals surface area contributed by atoms with Crippen LogP contribution in [-0.2, 0) is 22.9 Å². The maximum absolute atomic E-state index is 12.5. The molecule has 10 heteroatoms. The average molecular weight is 467 g/mol. The highest BCUT2D eigenvalue weighted by molar-refractivity contribution is 7.89. The number of hydrogen-bond donors (Lipinski definition) is 3. The van der Waals surface area contributed by atoms with Crippen molar-refractivity contribution in [1.82, 2.24) is 19.6 Å². The zero-order chi connectivity index (χ0) is 22.6. The SMILES string of the molecule is CN1CCN(c2nc3c(c(NCCS(=O)(=O)NCC4(O)CCCCC4)n2)CCCC3)CC1. The van der Waals surface area contributed by atoms with Gasteiger partial charge in [-0.25, -0.2) is 18.1 Å². The van der Waals surface area contributed by atoms with Crippen LogP contribution in [0.1, 0.15) is 56.2 Å². The minimum atomic E-state index is -3.48. The average Bonchev–Trinajstić information content (AvgIpc) is 2.79. The second kappa shape index (κ2) is 10.2. The Morgan fingerprint density at radius 2 is 1.72 bits per heavy atom. The van der Waals surface area contributed by atoms with E-state index in [1.165, 1.54) is 0 Å². The molecule has 0 unspecified atom stereocenters. The lowest BCUT2D eigenvalue weighted by Crippen LogP contribution is -2.45. The topological polar surface area (TPSA) is 111 Å². The maximum atomic E-state index is 12.5. The third-order valence-corrected chi connectivity index (χ3v) is 8.35. The third kappa shape index (κ3) is 6.09. The second-order valence-corrected chi connectivity index (χ2v) is 11.6. The third-order valence-electron chi connectivity index (χ3n) is 7.03. The summed E-state index contributed by atoms with van der Waals surface area (Å²) in [5.41, 5.74) is 1.33. The molecule has 0 atom stereocenters. The van der Waals surface area contributed by atoms with Crippen molar-refractivity contribution < 1.29 is 13.5 Å². The summed E-state index contributed by atoms with van der Waals surface area (Å²) in [6.45, 7) is 4.15. The first-order valence-electron chi connectivity index (χ1n) is 12.1. The van der Waals surface area contributed by atoms with E-state index in [1.807, 2.05) is 0 Å². The van der Waals surface area contributed by atoms with Crippen LogP contribution < -0.4 is 14.9 Å². The fourth-order valence-electron chi connectivity index (χ4n) is 4.88. The molecule has 0 aromatic carbocycles. The Morgan fingerprint density at radius 3 is 2.47 bits per heavy atom. The molecule has 9 nitrogen and oxygen atoms in total. The van der Waals surface area contributed by atoms with Crippen LogP contribution in [0.3, 0.4) is 0 Å². The summed E-state index contributed by atoms with van der Waals surface area (Å²) in [5, 5.41) is 13.9. The van der Waals surface area contributed by atoms with Crippen LogP contribution in [0.5, 0.6) is 0 Å². The van der Waals surface area contributed by atoms with Crippen molar-refractivity contribution in [3.8, 4) is 0 Å². The summed E-state index contributed by atoms with van der Waals surface area (Å²) in [5.74, 6) is 1.48. The number of sulfonamides is 1. The van der Waals surface area contributed by atoms with Gasteiger partial charge in [-0.3, -0.25) is 0 Å². The molecule has 2 heterocycles. The smallest absolute Gasteiger partial charge is 0.227 e. The predicted molar refractivity (Wildman–Crippen MR) is 127 cm³/mol. The van der Waals surface area contributed by atoms with Crippen molar-refractivity contribution in [3.05, 3.63) is 11.3 Å². The summed E-state index contributed by atoms with van der Waals surface area (Å²) < 4.78 is 27.7. The molecule has 1 aromatic rings. The maximum Gasteiger partial charge on any atom is 0.227 e. The van der Waals surface area contributed by atoms with E-state index >= 15 is 0 Å². The molecule has 2 fully saturated rings. The standard InChI is InChI=1S/C22H38N6O3S/c1-27-12-14-28(15-13-27)21-25-19-8-4-3-7-18(19)20(26-21)23-11-16-32(30,31)24-17-22(29)9-5-2-6-10-22/h24,29H,2-17H2,1H3,(H,23,25,26). The fraction of sp³-hybridized carbons (Fsp3) is 0.818. The van der Waals surface area contributed by atoms with Crippen LogP contribution in [-0.4, -0.2) is 86.1 Å². The van der Waals surface area contributed by atoms with Crippen molar-refractivity contribution >= 4 is 21.8 Å². The van der Waals surface area contributed by atoms with Gasteiger partial charge in [-0.1, -0.05) is 19.3 Å². The van der Waals surface area contributed by atoms with E-state index in [-0.39, 0.29) is 18.8 Å². The quantitative estimate of drug-likeness (QED) is 0.523. The van der Waals surface area contributed by atoms with Gasteiger partial charge in [0.05, 0.1) is 17.0 Å². The fourth-order valence-corrected chi connectivity index (χ4v) is 5.89. The number of aliphatic hydroxyl groups is 1. The van der Waals surface area contributed by atoms with Gasteiger partial charge in [0, 0.05) is 44.8 Å².